The highest BCUT2D eigenvalue weighted by Crippen LogP contribution is 2.26. The van der Waals surface area contributed by atoms with Gasteiger partial charge in [-0.2, -0.15) is 0 Å². The van der Waals surface area contributed by atoms with Gasteiger partial charge in [-0.15, -0.1) is 0 Å². The minimum absolute atomic E-state index is 0.0416. The maximum atomic E-state index is 12.9. The molecule has 0 aromatic rings. The molecule has 6 heteroatoms. The molecule has 0 rings (SSSR count). The Labute approximate surface area is 448 Å². The molecule has 0 spiro atoms. The van der Waals surface area contributed by atoms with Gasteiger partial charge in [0.05, 0.1) is 6.61 Å². The van der Waals surface area contributed by atoms with Crippen LogP contribution < -0.4 is 5.32 Å². The predicted octanol–water partition coefficient (Wildman–Crippen LogP) is 22.2. The number of likely N-dealkylation sites (N-methyl/N-ethyl adjacent to an activating group) is 1. The summed E-state index contributed by atoms with van der Waals surface area (Å²) in [4.78, 5) is 12.9. The Kier molecular flexibility index (Phi) is 60.1. The molecule has 0 saturated carbocycles. The van der Waals surface area contributed by atoms with Crippen LogP contribution in [0.25, 0.3) is 0 Å². The predicted molar refractivity (Wildman–Crippen MR) is 321 cm³/mol. The van der Waals surface area contributed by atoms with Crippen molar-refractivity contribution >= 4 is 26.2 Å². The fourth-order valence-corrected chi connectivity index (χ4v) is 13.6. The summed E-state index contributed by atoms with van der Waals surface area (Å²) >= 11 is 1.59. The lowest BCUT2D eigenvalue weighted by molar-refractivity contribution is -0.111. The van der Waals surface area contributed by atoms with Crippen LogP contribution in [0.1, 0.15) is 368 Å². The molecule has 420 valence electrons. The van der Waals surface area contributed by atoms with Crippen molar-refractivity contribution in [2.24, 2.45) is 0 Å². The van der Waals surface area contributed by atoms with E-state index in [4.69, 9.17) is 8.85 Å². The van der Waals surface area contributed by atoms with Crippen LogP contribution in [-0.4, -0.2) is 46.0 Å². The van der Waals surface area contributed by atoms with Crippen molar-refractivity contribution < 1.29 is 13.6 Å². The van der Waals surface area contributed by atoms with Gasteiger partial charge >= 0.3 is 9.28 Å². The second-order valence-corrected chi connectivity index (χ2v) is 25.9. The molecule has 4 nitrogen and oxygen atoms in total. The summed E-state index contributed by atoms with van der Waals surface area (Å²) < 4.78 is 13.8. The molecule has 1 N–H and O–H groups in total. The summed E-state index contributed by atoms with van der Waals surface area (Å²) in [5, 5.41) is 4.30. The third-order valence-electron chi connectivity index (χ3n) is 15.7. The summed E-state index contributed by atoms with van der Waals surface area (Å²) in [6.45, 7) is 10.9. The van der Waals surface area contributed by atoms with Crippen molar-refractivity contribution in [1.29, 1.82) is 0 Å². The van der Waals surface area contributed by atoms with Crippen LogP contribution in [-0.2, 0) is 13.6 Å². The zero-order chi connectivity index (χ0) is 50.8. The van der Waals surface area contributed by atoms with Gasteiger partial charge in [-0.25, -0.2) is 0 Å². The molecule has 0 saturated heterocycles. The van der Waals surface area contributed by atoms with Crippen LogP contribution in [0.5, 0.6) is 0 Å². The first-order chi connectivity index (χ1) is 34.6. The van der Waals surface area contributed by atoms with Gasteiger partial charge in [0.2, 0.25) is 0 Å². The summed E-state index contributed by atoms with van der Waals surface area (Å²) in [6, 6.07) is 1.02. The summed E-state index contributed by atoms with van der Waals surface area (Å²) in [7, 11) is 0.360. The van der Waals surface area contributed by atoms with Gasteiger partial charge in [-0.1, -0.05) is 341 Å². The molecule has 1 atom stereocenters. The number of unbranched alkanes of at least 4 members (excludes halogenated alkanes) is 45. The first kappa shape index (κ1) is 70.1. The third kappa shape index (κ3) is 53.0. The van der Waals surface area contributed by atoms with Crippen LogP contribution >= 0.6 is 11.8 Å². The molecular weight excluding hydrogens is 891 g/mol. The summed E-state index contributed by atoms with van der Waals surface area (Å²) in [5.74, 6) is 0.917. The van der Waals surface area contributed by atoms with Crippen molar-refractivity contribution in [2.45, 2.75) is 380 Å². The second-order valence-electron chi connectivity index (χ2n) is 22.7. The number of rotatable bonds is 62. The molecule has 0 aliphatic heterocycles. The normalized spacial score (nSPS) is 12.4. The molecular formula is C64H131NO3SSi. The van der Waals surface area contributed by atoms with Crippen molar-refractivity contribution in [3.63, 3.8) is 0 Å². The van der Waals surface area contributed by atoms with Crippen molar-refractivity contribution in [3.8, 4) is 0 Å². The van der Waals surface area contributed by atoms with Crippen LogP contribution in [0.15, 0.2) is 0 Å². The van der Waals surface area contributed by atoms with E-state index in [1.54, 1.807) is 11.8 Å². The minimum atomic E-state index is -1.86. The van der Waals surface area contributed by atoms with Gasteiger partial charge in [0.15, 0.2) is 5.12 Å². The molecule has 0 aromatic heterocycles. The maximum Gasteiger partial charge on any atom is 0.321 e. The van der Waals surface area contributed by atoms with E-state index in [1.165, 1.54) is 315 Å². The number of carbonyl (C=O) groups excluding carboxylic acids is 1. The lowest BCUT2D eigenvalue weighted by atomic mass is 9.87. The van der Waals surface area contributed by atoms with Crippen LogP contribution in [0.4, 0.5) is 0 Å². The summed E-state index contributed by atoms with van der Waals surface area (Å²) in [5.41, 5.74) is 0.0416. The quantitative estimate of drug-likeness (QED) is 0.0486. The molecule has 0 aliphatic carbocycles. The molecule has 0 heterocycles. The first-order valence-corrected chi connectivity index (χ1v) is 35.4. The Morgan fingerprint density at radius 1 is 0.371 bits per heavy atom. The number of carbonyl (C=O) groups is 1. The topological polar surface area (TPSA) is 47.6 Å². The Hall–Kier alpha value is 0.117. The van der Waals surface area contributed by atoms with E-state index in [-0.39, 0.29) is 5.54 Å². The number of hydrogen-bond donors (Lipinski definition) is 1. The van der Waals surface area contributed by atoms with E-state index in [2.05, 4.69) is 40.1 Å². The molecule has 1 unspecified atom stereocenters. The lowest BCUT2D eigenvalue weighted by Crippen LogP contribution is -2.49. The second kappa shape index (κ2) is 60.0. The molecule has 0 amide bonds. The van der Waals surface area contributed by atoms with Gasteiger partial charge in [-0.3, -0.25) is 4.79 Å². The van der Waals surface area contributed by atoms with E-state index in [1.807, 2.05) is 0 Å². The van der Waals surface area contributed by atoms with Gasteiger partial charge < -0.3 is 14.2 Å². The van der Waals surface area contributed by atoms with Crippen molar-refractivity contribution in [2.75, 3.05) is 26.0 Å². The van der Waals surface area contributed by atoms with Gasteiger partial charge in [0, 0.05) is 24.3 Å². The van der Waals surface area contributed by atoms with Crippen LogP contribution in [0.2, 0.25) is 6.04 Å². The van der Waals surface area contributed by atoms with E-state index in [0.29, 0.717) is 5.12 Å². The van der Waals surface area contributed by atoms with Gasteiger partial charge in [-0.05, 0) is 45.2 Å². The third-order valence-corrected chi connectivity index (χ3v) is 18.8. The van der Waals surface area contributed by atoms with Crippen molar-refractivity contribution in [3.05, 3.63) is 0 Å². The molecule has 0 aliphatic rings. The Balaban J connectivity index is 5.02. The molecule has 0 bridgehead atoms. The molecule has 0 aromatic carbocycles. The standard InChI is InChI=1S/C64H131NO3SSi/c1-6-10-14-18-22-26-29-32-35-38-41-44-48-52-57-64(65-5,58-53-49-45-42-39-36-33-30-27-23-19-15-11-7-2)62-68-70(67-59-54-50-46-25-21-17-13-9-4)61-55-60-69-63(66)56-51-47-43-40-37-34-31-28-24-20-16-12-8-3/h65,70H,6-62H2,1-5H3. The number of nitrogens with one attached hydrogen (secondary N) is 1. The van der Waals surface area contributed by atoms with Gasteiger partial charge in [0.1, 0.15) is 0 Å². The van der Waals surface area contributed by atoms with Crippen molar-refractivity contribution in [1.82, 2.24) is 5.32 Å². The number of hydrogen-bond acceptors (Lipinski definition) is 5. The SMILES string of the molecule is CCCCCCCCCCCCCCCCC(CCCCCCCCCCCCCCCC)(CO[SiH](CCCSC(=O)CCCCCCCCCCCCCCC)OCCCCCCCCCC)NC. The Morgan fingerprint density at radius 2 is 0.657 bits per heavy atom. The largest absolute Gasteiger partial charge is 0.397 e. The first-order valence-electron chi connectivity index (χ1n) is 32.6. The Bertz CT molecular complexity index is 952. The monoisotopic (exact) mass is 1020 g/mol. The smallest absolute Gasteiger partial charge is 0.321 e. The lowest BCUT2D eigenvalue weighted by Gasteiger charge is -2.35. The number of thioether (sulfide) groups is 1. The molecule has 0 fully saturated rings. The van der Waals surface area contributed by atoms with Crippen LogP contribution in [0, 0.1) is 0 Å². The fraction of sp³-hybridized carbons (Fsp3) is 0.984. The highest BCUT2D eigenvalue weighted by Gasteiger charge is 2.29. The molecule has 70 heavy (non-hydrogen) atoms. The van der Waals surface area contributed by atoms with Crippen LogP contribution in [0.3, 0.4) is 0 Å². The zero-order valence-electron chi connectivity index (χ0n) is 49.0. The zero-order valence-corrected chi connectivity index (χ0v) is 51.0. The van der Waals surface area contributed by atoms with E-state index in [9.17, 15) is 4.79 Å². The minimum Gasteiger partial charge on any atom is -0.397 e. The average molecular weight is 1020 g/mol. The summed E-state index contributed by atoms with van der Waals surface area (Å²) in [6.07, 6.45) is 71.8. The fourth-order valence-electron chi connectivity index (χ4n) is 10.6. The Morgan fingerprint density at radius 3 is 0.971 bits per heavy atom. The highest BCUT2D eigenvalue weighted by molar-refractivity contribution is 8.13. The van der Waals surface area contributed by atoms with Gasteiger partial charge in [0.25, 0.3) is 0 Å². The average Bonchev–Trinajstić information content (AvgIpc) is 3.37. The highest BCUT2D eigenvalue weighted by atomic mass is 32.2. The van der Waals surface area contributed by atoms with E-state index >= 15 is 0 Å². The van der Waals surface area contributed by atoms with E-state index in [0.717, 1.165) is 50.7 Å². The van der Waals surface area contributed by atoms with E-state index < -0.39 is 9.28 Å². The molecule has 0 radical (unpaired) electrons. The maximum absolute atomic E-state index is 12.9.